The molecule has 4 rings (SSSR count). The molecule has 1 amide bonds. The molecule has 1 unspecified atom stereocenters. The molecular formula is C22H29N3O2S. The number of ether oxygens (including phenoxy) is 1. The second-order valence-electron chi connectivity index (χ2n) is 8.57. The van der Waals surface area contributed by atoms with Crippen molar-refractivity contribution in [2.45, 2.75) is 58.2 Å². The number of carbonyl (C=O) groups is 1. The van der Waals surface area contributed by atoms with Gasteiger partial charge in [0, 0.05) is 29.8 Å². The lowest BCUT2D eigenvalue weighted by molar-refractivity contribution is -0.127. The molecule has 0 radical (unpaired) electrons. The van der Waals surface area contributed by atoms with Crippen molar-refractivity contribution in [3.8, 4) is 5.75 Å². The molecule has 1 N–H and O–H groups in total. The number of nitrogens with one attached hydrogen (secondary N) is 1. The number of piperidine rings is 1. The van der Waals surface area contributed by atoms with Crippen LogP contribution in [0.5, 0.6) is 5.75 Å². The van der Waals surface area contributed by atoms with Crippen molar-refractivity contribution in [2.24, 2.45) is 5.92 Å². The molecule has 2 aliphatic heterocycles. The van der Waals surface area contributed by atoms with Crippen LogP contribution in [0.3, 0.4) is 0 Å². The quantitative estimate of drug-likeness (QED) is 0.842. The highest BCUT2D eigenvalue weighted by molar-refractivity contribution is 7.09. The zero-order valence-electron chi connectivity index (χ0n) is 16.9. The molecule has 0 bridgehead atoms. The molecule has 28 heavy (non-hydrogen) atoms. The van der Waals surface area contributed by atoms with Gasteiger partial charge in [-0.25, -0.2) is 4.98 Å². The molecule has 1 fully saturated rings. The Labute approximate surface area is 171 Å². The summed E-state index contributed by atoms with van der Waals surface area (Å²) in [6, 6.07) is 8.07. The summed E-state index contributed by atoms with van der Waals surface area (Å²) < 4.78 is 6.09. The summed E-state index contributed by atoms with van der Waals surface area (Å²) in [4.78, 5) is 19.9. The van der Waals surface area contributed by atoms with Crippen LogP contribution in [0.1, 0.15) is 55.4 Å². The van der Waals surface area contributed by atoms with Gasteiger partial charge in [-0.3, -0.25) is 9.69 Å². The summed E-state index contributed by atoms with van der Waals surface area (Å²) in [5.74, 6) is 1.16. The van der Waals surface area contributed by atoms with Crippen LogP contribution in [0.2, 0.25) is 0 Å². The Hall–Kier alpha value is -1.92. The summed E-state index contributed by atoms with van der Waals surface area (Å²) in [7, 11) is 0. The van der Waals surface area contributed by atoms with E-state index in [-0.39, 0.29) is 23.5 Å². The first-order valence-electron chi connectivity index (χ1n) is 10.1. The Morgan fingerprint density at radius 3 is 2.79 bits per heavy atom. The van der Waals surface area contributed by atoms with Gasteiger partial charge in [-0.1, -0.05) is 18.2 Å². The fourth-order valence-corrected chi connectivity index (χ4v) is 4.89. The van der Waals surface area contributed by atoms with Crippen LogP contribution in [0, 0.1) is 12.8 Å². The second-order valence-corrected chi connectivity index (χ2v) is 9.64. The maximum atomic E-state index is 13.0. The van der Waals surface area contributed by atoms with Crippen LogP contribution in [0.15, 0.2) is 29.6 Å². The van der Waals surface area contributed by atoms with E-state index in [9.17, 15) is 4.79 Å². The minimum atomic E-state index is -0.276. The van der Waals surface area contributed by atoms with E-state index in [1.807, 2.05) is 25.1 Å². The van der Waals surface area contributed by atoms with Gasteiger partial charge in [0.15, 0.2) is 0 Å². The number of hydrogen-bond acceptors (Lipinski definition) is 5. The lowest BCUT2D eigenvalue weighted by Gasteiger charge is -2.39. The third kappa shape index (κ3) is 4.39. The molecule has 1 aromatic heterocycles. The van der Waals surface area contributed by atoms with Crippen molar-refractivity contribution in [1.29, 1.82) is 0 Å². The summed E-state index contributed by atoms with van der Waals surface area (Å²) in [6.45, 7) is 9.00. The highest BCUT2D eigenvalue weighted by atomic mass is 32.1. The van der Waals surface area contributed by atoms with E-state index in [0.717, 1.165) is 60.9 Å². The number of fused-ring (bicyclic) bond motifs is 1. The molecule has 2 aromatic rings. The van der Waals surface area contributed by atoms with Crippen LogP contribution >= 0.6 is 11.3 Å². The number of aromatic nitrogens is 1. The van der Waals surface area contributed by atoms with Crippen molar-refractivity contribution >= 4 is 17.2 Å². The Kier molecular flexibility index (Phi) is 5.43. The highest BCUT2D eigenvalue weighted by Crippen LogP contribution is 2.39. The van der Waals surface area contributed by atoms with Crippen molar-refractivity contribution in [2.75, 3.05) is 13.1 Å². The van der Waals surface area contributed by atoms with E-state index in [4.69, 9.17) is 4.74 Å². The molecule has 2 aliphatic rings. The molecule has 1 aromatic carbocycles. The lowest BCUT2D eigenvalue weighted by Crippen LogP contribution is -2.45. The molecule has 0 saturated carbocycles. The molecule has 3 heterocycles. The van der Waals surface area contributed by atoms with E-state index in [1.54, 1.807) is 11.3 Å². The van der Waals surface area contributed by atoms with E-state index in [0.29, 0.717) is 0 Å². The van der Waals surface area contributed by atoms with Gasteiger partial charge >= 0.3 is 0 Å². The predicted octanol–water partition coefficient (Wildman–Crippen LogP) is 4.08. The number of benzene rings is 1. The monoisotopic (exact) mass is 399 g/mol. The van der Waals surface area contributed by atoms with Gasteiger partial charge in [0.2, 0.25) is 5.91 Å². The molecule has 0 spiro atoms. The number of hydrogen-bond donors (Lipinski definition) is 1. The summed E-state index contributed by atoms with van der Waals surface area (Å²) in [5, 5.41) is 6.57. The number of para-hydroxylation sites is 1. The number of likely N-dealkylation sites (tertiary alicyclic amines) is 1. The minimum absolute atomic E-state index is 0.0171. The fraction of sp³-hybridized carbons (Fsp3) is 0.545. The Morgan fingerprint density at radius 2 is 2.07 bits per heavy atom. The standard InChI is InChI=1S/C22H29N3O2S/c1-15-23-17(14-28-15)13-25-10-8-16(9-11-25)21(26)24-19-12-22(2,3)27-20-7-5-4-6-18(19)20/h4-7,14,16,19H,8-13H2,1-3H3,(H,24,26). The zero-order valence-corrected chi connectivity index (χ0v) is 17.7. The summed E-state index contributed by atoms with van der Waals surface area (Å²) in [5.41, 5.74) is 1.96. The van der Waals surface area contributed by atoms with Crippen LogP contribution < -0.4 is 10.1 Å². The van der Waals surface area contributed by atoms with Crippen molar-refractivity contribution in [3.63, 3.8) is 0 Å². The predicted molar refractivity (Wildman–Crippen MR) is 112 cm³/mol. The first kappa shape index (κ1) is 19.4. The smallest absolute Gasteiger partial charge is 0.223 e. The average Bonchev–Trinajstić information content (AvgIpc) is 3.06. The molecular weight excluding hydrogens is 370 g/mol. The summed E-state index contributed by atoms with van der Waals surface area (Å²) in [6.07, 6.45) is 2.60. The lowest BCUT2D eigenvalue weighted by atomic mass is 9.88. The van der Waals surface area contributed by atoms with E-state index in [1.165, 1.54) is 0 Å². The summed E-state index contributed by atoms with van der Waals surface area (Å²) >= 11 is 1.70. The molecule has 1 atom stereocenters. The number of nitrogens with zero attached hydrogens (tertiary/aromatic N) is 2. The van der Waals surface area contributed by atoms with Gasteiger partial charge < -0.3 is 10.1 Å². The van der Waals surface area contributed by atoms with Gasteiger partial charge in [-0.05, 0) is 52.8 Å². The van der Waals surface area contributed by atoms with Crippen LogP contribution in [-0.2, 0) is 11.3 Å². The third-order valence-electron chi connectivity index (χ3n) is 5.70. The van der Waals surface area contributed by atoms with E-state index in [2.05, 4.69) is 40.5 Å². The van der Waals surface area contributed by atoms with Gasteiger partial charge in [0.05, 0.1) is 16.7 Å². The molecule has 150 valence electrons. The van der Waals surface area contributed by atoms with Gasteiger partial charge in [-0.15, -0.1) is 11.3 Å². The minimum Gasteiger partial charge on any atom is -0.487 e. The molecule has 0 aliphatic carbocycles. The van der Waals surface area contributed by atoms with Crippen molar-refractivity contribution in [3.05, 3.63) is 45.9 Å². The maximum Gasteiger partial charge on any atom is 0.223 e. The fourth-order valence-electron chi connectivity index (χ4n) is 4.28. The first-order valence-corrected chi connectivity index (χ1v) is 11.0. The van der Waals surface area contributed by atoms with E-state index >= 15 is 0 Å². The molecule has 5 nitrogen and oxygen atoms in total. The first-order chi connectivity index (χ1) is 13.4. The number of rotatable bonds is 4. The van der Waals surface area contributed by atoms with Crippen molar-refractivity contribution in [1.82, 2.24) is 15.2 Å². The number of thiazole rings is 1. The second kappa shape index (κ2) is 7.84. The average molecular weight is 400 g/mol. The van der Waals surface area contributed by atoms with Crippen LogP contribution in [0.25, 0.3) is 0 Å². The zero-order chi connectivity index (χ0) is 19.7. The number of amides is 1. The molecule has 6 heteroatoms. The van der Waals surface area contributed by atoms with Crippen LogP contribution in [0.4, 0.5) is 0 Å². The van der Waals surface area contributed by atoms with Gasteiger partial charge in [-0.2, -0.15) is 0 Å². The number of aryl methyl sites for hydroxylation is 1. The largest absolute Gasteiger partial charge is 0.487 e. The third-order valence-corrected chi connectivity index (χ3v) is 6.53. The van der Waals surface area contributed by atoms with Crippen LogP contribution in [-0.4, -0.2) is 34.5 Å². The van der Waals surface area contributed by atoms with Gasteiger partial charge in [0.1, 0.15) is 11.4 Å². The van der Waals surface area contributed by atoms with Gasteiger partial charge in [0.25, 0.3) is 0 Å². The SMILES string of the molecule is Cc1nc(CN2CCC(C(=O)NC3CC(C)(C)Oc4ccccc43)CC2)cs1. The normalized spacial score (nSPS) is 22.3. The topological polar surface area (TPSA) is 54.5 Å². The molecule has 1 saturated heterocycles. The van der Waals surface area contributed by atoms with Crippen molar-refractivity contribution < 1.29 is 9.53 Å². The Morgan fingerprint density at radius 1 is 1.32 bits per heavy atom. The Balaban J connectivity index is 1.34. The Bertz CT molecular complexity index is 840. The highest BCUT2D eigenvalue weighted by Gasteiger charge is 2.35. The van der Waals surface area contributed by atoms with E-state index < -0.39 is 0 Å². The maximum absolute atomic E-state index is 13.0. The number of carbonyl (C=O) groups excluding carboxylic acids is 1.